The third-order valence-electron chi connectivity index (χ3n) is 2.75. The first-order valence-electron chi connectivity index (χ1n) is 5.92. The smallest absolute Gasteiger partial charge is 0.270 e. The number of ketones is 1. The van der Waals surface area contributed by atoms with E-state index in [0.717, 1.165) is 6.07 Å². The molecule has 0 unspecified atom stereocenters. The van der Waals surface area contributed by atoms with Crippen molar-refractivity contribution in [3.05, 3.63) is 33.9 Å². The minimum Gasteiger partial charge on any atom is -0.298 e. The molecule has 7 nitrogen and oxygen atoms in total. The highest BCUT2D eigenvalue weighted by Gasteiger charge is 2.21. The van der Waals surface area contributed by atoms with Crippen LogP contribution in [0.2, 0.25) is 0 Å². The summed E-state index contributed by atoms with van der Waals surface area (Å²) >= 11 is 0. The molecule has 0 aliphatic carbocycles. The second-order valence-corrected chi connectivity index (χ2v) is 6.39. The fourth-order valence-corrected chi connectivity index (χ4v) is 2.70. The molecule has 0 aromatic heterocycles. The molecule has 0 saturated heterocycles. The minimum absolute atomic E-state index is 0.191. The van der Waals surface area contributed by atoms with Crippen molar-refractivity contribution in [1.29, 1.82) is 0 Å². The van der Waals surface area contributed by atoms with E-state index in [1.165, 1.54) is 19.1 Å². The Hall–Kier alpha value is -1.80. The van der Waals surface area contributed by atoms with Crippen molar-refractivity contribution in [2.24, 2.45) is 5.92 Å². The largest absolute Gasteiger partial charge is 0.298 e. The van der Waals surface area contributed by atoms with Crippen molar-refractivity contribution in [3.63, 3.8) is 0 Å². The van der Waals surface area contributed by atoms with E-state index in [0.29, 0.717) is 5.56 Å². The Morgan fingerprint density at radius 2 is 2.00 bits per heavy atom. The van der Waals surface area contributed by atoms with E-state index in [2.05, 4.69) is 4.72 Å². The number of hydrogen-bond donors (Lipinski definition) is 1. The van der Waals surface area contributed by atoms with Crippen molar-refractivity contribution in [2.75, 3.05) is 6.54 Å². The van der Waals surface area contributed by atoms with Crippen LogP contribution in [0, 0.1) is 23.0 Å². The van der Waals surface area contributed by atoms with Crippen LogP contribution < -0.4 is 4.72 Å². The van der Waals surface area contributed by atoms with Crippen LogP contribution in [0.5, 0.6) is 0 Å². The number of rotatable bonds is 6. The number of carbonyl (C=O) groups excluding carboxylic acids is 1. The number of hydrogen-bond acceptors (Lipinski definition) is 5. The van der Waals surface area contributed by atoms with Crippen molar-refractivity contribution in [1.82, 2.24) is 4.72 Å². The summed E-state index contributed by atoms with van der Waals surface area (Å²) in [5.41, 5.74) is 0.0613. The molecule has 0 aliphatic heterocycles. The van der Waals surface area contributed by atoms with Crippen LogP contribution >= 0.6 is 0 Å². The van der Waals surface area contributed by atoms with Gasteiger partial charge in [-0.15, -0.1) is 0 Å². The van der Waals surface area contributed by atoms with Gasteiger partial charge in [-0.25, -0.2) is 13.1 Å². The van der Waals surface area contributed by atoms with Gasteiger partial charge in [0, 0.05) is 18.1 Å². The molecule has 1 N–H and O–H groups in total. The molecular formula is C12H16N2O5S. The van der Waals surface area contributed by atoms with Crippen LogP contribution in [-0.2, 0) is 14.8 Å². The zero-order chi connectivity index (χ0) is 15.5. The van der Waals surface area contributed by atoms with Gasteiger partial charge >= 0.3 is 0 Å². The fraction of sp³-hybridized carbons (Fsp3) is 0.417. The first kappa shape index (κ1) is 16.3. The Morgan fingerprint density at radius 1 is 1.40 bits per heavy atom. The number of benzene rings is 1. The fourth-order valence-electron chi connectivity index (χ4n) is 1.44. The van der Waals surface area contributed by atoms with Gasteiger partial charge in [-0.1, -0.05) is 19.9 Å². The van der Waals surface area contributed by atoms with Crippen LogP contribution in [0.3, 0.4) is 0 Å². The summed E-state index contributed by atoms with van der Waals surface area (Å²) in [4.78, 5) is 21.3. The number of Topliss-reactive ketones (excluding diaryl/α,β-unsaturated/α-hetero) is 1. The molecule has 0 amide bonds. The maximum atomic E-state index is 12.1. The van der Waals surface area contributed by atoms with Crippen LogP contribution in [-0.4, -0.2) is 25.7 Å². The van der Waals surface area contributed by atoms with Crippen molar-refractivity contribution in [3.8, 4) is 0 Å². The van der Waals surface area contributed by atoms with Crippen molar-refractivity contribution in [2.45, 2.75) is 25.7 Å². The molecule has 1 aromatic rings. The lowest BCUT2D eigenvalue weighted by molar-refractivity contribution is -0.385. The summed E-state index contributed by atoms with van der Waals surface area (Å²) in [5, 5.41) is 10.7. The lowest BCUT2D eigenvalue weighted by Gasteiger charge is -2.09. The molecule has 0 heterocycles. The number of non-ortho nitro benzene ring substituents is 1. The molecule has 1 rings (SSSR count). The number of nitro benzene ring substituents is 1. The lowest BCUT2D eigenvalue weighted by atomic mass is 10.1. The third-order valence-corrected chi connectivity index (χ3v) is 4.30. The summed E-state index contributed by atoms with van der Waals surface area (Å²) < 4.78 is 26.3. The van der Waals surface area contributed by atoms with Gasteiger partial charge in [0.15, 0.2) is 0 Å². The van der Waals surface area contributed by atoms with E-state index in [1.807, 2.05) is 0 Å². The Bertz CT molecular complexity index is 637. The van der Waals surface area contributed by atoms with E-state index in [4.69, 9.17) is 0 Å². The molecule has 0 aliphatic rings. The van der Waals surface area contributed by atoms with Gasteiger partial charge in [-0.2, -0.15) is 0 Å². The van der Waals surface area contributed by atoms with Crippen LogP contribution in [0.1, 0.15) is 19.4 Å². The molecule has 0 bridgehead atoms. The van der Waals surface area contributed by atoms with Crippen molar-refractivity contribution < 1.29 is 18.1 Å². The summed E-state index contributed by atoms with van der Waals surface area (Å²) in [6.45, 7) is 4.52. The number of nitrogens with one attached hydrogen (secondary N) is 1. The number of nitro groups is 1. The number of sulfonamides is 1. The SMILES string of the molecule is Cc1ccc([N+](=O)[O-])cc1S(=O)(=O)NCC(=O)C(C)C. The predicted molar refractivity (Wildman–Crippen MR) is 72.9 cm³/mol. The topological polar surface area (TPSA) is 106 Å². The zero-order valence-electron chi connectivity index (χ0n) is 11.4. The predicted octanol–water partition coefficient (Wildman–Crippen LogP) is 1.41. The highest BCUT2D eigenvalue weighted by Crippen LogP contribution is 2.21. The summed E-state index contributed by atoms with van der Waals surface area (Å²) in [6, 6.07) is 3.57. The van der Waals surface area contributed by atoms with E-state index < -0.39 is 14.9 Å². The molecule has 0 fully saturated rings. The quantitative estimate of drug-likeness (QED) is 0.631. The van der Waals surface area contributed by atoms with E-state index in [9.17, 15) is 23.3 Å². The second-order valence-electron chi connectivity index (χ2n) is 4.65. The maximum absolute atomic E-state index is 12.1. The molecular weight excluding hydrogens is 284 g/mol. The molecule has 8 heteroatoms. The highest BCUT2D eigenvalue weighted by molar-refractivity contribution is 7.89. The number of aryl methyl sites for hydroxylation is 1. The summed E-state index contributed by atoms with van der Waals surface area (Å²) in [5.74, 6) is -0.541. The Balaban J connectivity index is 3.06. The van der Waals surface area contributed by atoms with Gasteiger partial charge < -0.3 is 0 Å². The van der Waals surface area contributed by atoms with Gasteiger partial charge in [0.25, 0.3) is 5.69 Å². The standard InChI is InChI=1S/C12H16N2O5S/c1-8(2)11(15)7-13-20(18,19)12-6-10(14(16)17)5-4-9(12)3/h4-6,8,13H,7H2,1-3H3. The third kappa shape index (κ3) is 3.84. The summed E-state index contributed by atoms with van der Waals surface area (Å²) in [7, 11) is -3.95. The number of carbonyl (C=O) groups is 1. The molecule has 0 saturated carbocycles. The Morgan fingerprint density at radius 3 is 2.50 bits per heavy atom. The molecule has 1 aromatic carbocycles. The van der Waals surface area contributed by atoms with E-state index >= 15 is 0 Å². The zero-order valence-corrected chi connectivity index (χ0v) is 12.2. The molecule has 20 heavy (non-hydrogen) atoms. The Labute approximate surface area is 117 Å². The Kier molecular flexibility index (Phi) is 4.96. The first-order chi connectivity index (χ1) is 9.15. The maximum Gasteiger partial charge on any atom is 0.270 e. The average molecular weight is 300 g/mol. The van der Waals surface area contributed by atoms with Gasteiger partial charge in [-0.3, -0.25) is 14.9 Å². The van der Waals surface area contributed by atoms with Crippen LogP contribution in [0.15, 0.2) is 23.1 Å². The molecule has 110 valence electrons. The van der Waals surface area contributed by atoms with E-state index in [-0.39, 0.29) is 28.8 Å². The lowest BCUT2D eigenvalue weighted by Crippen LogP contribution is -2.32. The summed E-state index contributed by atoms with van der Waals surface area (Å²) in [6.07, 6.45) is 0. The normalized spacial score (nSPS) is 11.6. The second kappa shape index (κ2) is 6.10. The van der Waals surface area contributed by atoms with E-state index in [1.54, 1.807) is 13.8 Å². The van der Waals surface area contributed by atoms with Gasteiger partial charge in [-0.05, 0) is 12.5 Å². The molecule has 0 radical (unpaired) electrons. The highest BCUT2D eigenvalue weighted by atomic mass is 32.2. The minimum atomic E-state index is -3.95. The van der Waals surface area contributed by atoms with Crippen LogP contribution in [0.25, 0.3) is 0 Å². The monoisotopic (exact) mass is 300 g/mol. The van der Waals surface area contributed by atoms with Gasteiger partial charge in [0.1, 0.15) is 5.78 Å². The molecule has 0 spiro atoms. The number of nitrogens with zero attached hydrogens (tertiary/aromatic N) is 1. The average Bonchev–Trinajstić information content (AvgIpc) is 2.35. The van der Waals surface area contributed by atoms with Gasteiger partial charge in [0.05, 0.1) is 16.4 Å². The first-order valence-corrected chi connectivity index (χ1v) is 7.41. The van der Waals surface area contributed by atoms with Crippen LogP contribution in [0.4, 0.5) is 5.69 Å². The van der Waals surface area contributed by atoms with Crippen molar-refractivity contribution >= 4 is 21.5 Å². The molecule has 0 atom stereocenters. The van der Waals surface area contributed by atoms with Gasteiger partial charge in [0.2, 0.25) is 10.0 Å².